The Hall–Kier alpha value is -2.30. The molecular formula is C13H13NO4. The lowest BCUT2D eigenvalue weighted by Crippen LogP contribution is -2.07. The number of benzene rings is 1. The minimum atomic E-state index is -0.524. The van der Waals surface area contributed by atoms with Crippen LogP contribution >= 0.6 is 0 Å². The molecule has 0 aliphatic rings. The van der Waals surface area contributed by atoms with Crippen LogP contribution in [0.4, 0.5) is 0 Å². The normalized spacial score (nSPS) is 10.2. The number of rotatable bonds is 3. The van der Waals surface area contributed by atoms with E-state index in [2.05, 4.69) is 9.72 Å². The number of carbonyl (C=O) groups excluding carboxylic acids is 1. The van der Waals surface area contributed by atoms with E-state index in [1.165, 1.54) is 14.2 Å². The molecule has 18 heavy (non-hydrogen) atoms. The predicted molar refractivity (Wildman–Crippen MR) is 66.2 cm³/mol. The highest BCUT2D eigenvalue weighted by molar-refractivity contribution is 5.94. The SMILES string of the molecule is COC(=O)c1nc2ccc(OC)cc2cc1OC. The summed E-state index contributed by atoms with van der Waals surface area (Å²) in [6.07, 6.45) is 0. The quantitative estimate of drug-likeness (QED) is 0.777. The molecule has 0 saturated carbocycles. The van der Waals surface area contributed by atoms with Gasteiger partial charge in [0.05, 0.1) is 26.8 Å². The first-order valence-electron chi connectivity index (χ1n) is 5.30. The van der Waals surface area contributed by atoms with Gasteiger partial charge in [0.1, 0.15) is 5.75 Å². The Labute approximate surface area is 104 Å². The van der Waals surface area contributed by atoms with Crippen molar-refractivity contribution in [1.29, 1.82) is 0 Å². The molecule has 5 heteroatoms. The molecule has 1 heterocycles. The standard InChI is InChI=1S/C13H13NO4/c1-16-9-4-5-10-8(6-9)7-11(17-2)12(14-10)13(15)18-3/h4-7H,1-3H3. The Morgan fingerprint density at radius 2 is 1.89 bits per heavy atom. The van der Waals surface area contributed by atoms with E-state index in [0.29, 0.717) is 11.3 Å². The van der Waals surface area contributed by atoms with Crippen LogP contribution < -0.4 is 9.47 Å². The molecule has 0 N–H and O–H groups in total. The van der Waals surface area contributed by atoms with Gasteiger partial charge >= 0.3 is 5.97 Å². The maximum absolute atomic E-state index is 11.6. The van der Waals surface area contributed by atoms with Gasteiger partial charge in [-0.05, 0) is 24.3 Å². The highest BCUT2D eigenvalue weighted by Gasteiger charge is 2.16. The number of pyridine rings is 1. The molecule has 0 amide bonds. The maximum atomic E-state index is 11.6. The molecule has 0 spiro atoms. The van der Waals surface area contributed by atoms with Gasteiger partial charge in [-0.25, -0.2) is 9.78 Å². The molecule has 0 unspecified atom stereocenters. The molecule has 0 atom stereocenters. The van der Waals surface area contributed by atoms with Crippen molar-refractivity contribution in [2.24, 2.45) is 0 Å². The van der Waals surface area contributed by atoms with E-state index in [9.17, 15) is 4.79 Å². The number of hydrogen-bond acceptors (Lipinski definition) is 5. The summed E-state index contributed by atoms with van der Waals surface area (Å²) >= 11 is 0. The Kier molecular flexibility index (Phi) is 3.32. The number of aromatic nitrogens is 1. The fourth-order valence-corrected chi connectivity index (χ4v) is 1.66. The third kappa shape index (κ3) is 2.07. The van der Waals surface area contributed by atoms with Gasteiger partial charge in [0.25, 0.3) is 0 Å². The van der Waals surface area contributed by atoms with E-state index in [4.69, 9.17) is 9.47 Å². The van der Waals surface area contributed by atoms with Gasteiger partial charge in [-0.15, -0.1) is 0 Å². The van der Waals surface area contributed by atoms with E-state index < -0.39 is 5.97 Å². The highest BCUT2D eigenvalue weighted by atomic mass is 16.5. The Morgan fingerprint density at radius 3 is 2.50 bits per heavy atom. The van der Waals surface area contributed by atoms with Crippen LogP contribution in [0.25, 0.3) is 10.9 Å². The summed E-state index contributed by atoms with van der Waals surface area (Å²) in [6, 6.07) is 7.12. The van der Waals surface area contributed by atoms with Crippen LogP contribution in [0.3, 0.4) is 0 Å². The molecule has 5 nitrogen and oxygen atoms in total. The second kappa shape index (κ2) is 4.91. The van der Waals surface area contributed by atoms with E-state index in [0.717, 1.165) is 11.1 Å². The van der Waals surface area contributed by atoms with Crippen molar-refractivity contribution in [1.82, 2.24) is 4.98 Å². The van der Waals surface area contributed by atoms with Gasteiger partial charge in [0.15, 0.2) is 11.4 Å². The van der Waals surface area contributed by atoms with Crippen molar-refractivity contribution in [3.8, 4) is 11.5 Å². The van der Waals surface area contributed by atoms with Crippen molar-refractivity contribution < 1.29 is 19.0 Å². The lowest BCUT2D eigenvalue weighted by molar-refractivity contribution is 0.0590. The average Bonchev–Trinajstić information content (AvgIpc) is 2.44. The Bertz CT molecular complexity index is 595. The molecular weight excluding hydrogens is 234 g/mol. The second-order valence-corrected chi connectivity index (χ2v) is 3.59. The Balaban J connectivity index is 2.64. The molecule has 0 saturated heterocycles. The van der Waals surface area contributed by atoms with Crippen LogP contribution in [0.2, 0.25) is 0 Å². The molecule has 94 valence electrons. The number of carbonyl (C=O) groups is 1. The smallest absolute Gasteiger partial charge is 0.360 e. The Morgan fingerprint density at radius 1 is 1.11 bits per heavy atom. The third-order valence-corrected chi connectivity index (χ3v) is 2.59. The zero-order chi connectivity index (χ0) is 13.1. The van der Waals surface area contributed by atoms with Gasteiger partial charge in [0, 0.05) is 5.39 Å². The van der Waals surface area contributed by atoms with Crippen LogP contribution in [-0.4, -0.2) is 32.3 Å². The molecule has 0 fully saturated rings. The zero-order valence-corrected chi connectivity index (χ0v) is 10.4. The molecule has 0 radical (unpaired) electrons. The third-order valence-electron chi connectivity index (χ3n) is 2.59. The number of esters is 1. The first kappa shape index (κ1) is 12.2. The monoisotopic (exact) mass is 247 g/mol. The summed E-state index contributed by atoms with van der Waals surface area (Å²) in [7, 11) is 4.38. The summed E-state index contributed by atoms with van der Waals surface area (Å²) < 4.78 is 14.9. The number of fused-ring (bicyclic) bond motifs is 1. The summed E-state index contributed by atoms with van der Waals surface area (Å²) in [5.41, 5.74) is 0.842. The topological polar surface area (TPSA) is 57.7 Å². The molecule has 0 aliphatic carbocycles. The summed E-state index contributed by atoms with van der Waals surface area (Å²) in [4.78, 5) is 15.8. The van der Waals surface area contributed by atoms with E-state index in [1.807, 2.05) is 6.07 Å². The van der Waals surface area contributed by atoms with Gasteiger partial charge in [0.2, 0.25) is 0 Å². The van der Waals surface area contributed by atoms with E-state index in [-0.39, 0.29) is 5.69 Å². The van der Waals surface area contributed by atoms with Crippen molar-refractivity contribution >= 4 is 16.9 Å². The van der Waals surface area contributed by atoms with E-state index >= 15 is 0 Å². The van der Waals surface area contributed by atoms with Crippen LogP contribution in [0.1, 0.15) is 10.5 Å². The first-order chi connectivity index (χ1) is 8.69. The minimum Gasteiger partial charge on any atom is -0.497 e. The number of ether oxygens (including phenoxy) is 3. The van der Waals surface area contributed by atoms with Crippen LogP contribution in [0.15, 0.2) is 24.3 Å². The predicted octanol–water partition coefficient (Wildman–Crippen LogP) is 2.04. The second-order valence-electron chi connectivity index (χ2n) is 3.59. The van der Waals surface area contributed by atoms with Crippen molar-refractivity contribution in [3.63, 3.8) is 0 Å². The fourth-order valence-electron chi connectivity index (χ4n) is 1.66. The lowest BCUT2D eigenvalue weighted by Gasteiger charge is -2.08. The number of methoxy groups -OCH3 is 3. The molecule has 0 aliphatic heterocycles. The average molecular weight is 247 g/mol. The zero-order valence-electron chi connectivity index (χ0n) is 10.4. The molecule has 2 aromatic rings. The van der Waals surface area contributed by atoms with Gasteiger partial charge in [-0.1, -0.05) is 0 Å². The summed E-state index contributed by atoms with van der Waals surface area (Å²) in [5, 5.41) is 0.832. The molecule has 0 bridgehead atoms. The molecule has 1 aromatic heterocycles. The van der Waals surface area contributed by atoms with Gasteiger partial charge in [-0.2, -0.15) is 0 Å². The maximum Gasteiger partial charge on any atom is 0.360 e. The largest absolute Gasteiger partial charge is 0.497 e. The lowest BCUT2D eigenvalue weighted by atomic mass is 10.2. The van der Waals surface area contributed by atoms with Crippen LogP contribution in [0.5, 0.6) is 11.5 Å². The van der Waals surface area contributed by atoms with Crippen molar-refractivity contribution in [3.05, 3.63) is 30.0 Å². The number of nitrogens with zero attached hydrogens (tertiary/aromatic N) is 1. The van der Waals surface area contributed by atoms with Gasteiger partial charge < -0.3 is 14.2 Å². The minimum absolute atomic E-state index is 0.165. The van der Waals surface area contributed by atoms with Crippen LogP contribution in [-0.2, 0) is 4.74 Å². The molecule has 1 aromatic carbocycles. The van der Waals surface area contributed by atoms with Gasteiger partial charge in [-0.3, -0.25) is 0 Å². The highest BCUT2D eigenvalue weighted by Crippen LogP contribution is 2.26. The fraction of sp³-hybridized carbons (Fsp3) is 0.231. The van der Waals surface area contributed by atoms with Crippen LogP contribution in [0, 0.1) is 0 Å². The summed E-state index contributed by atoms with van der Waals surface area (Å²) in [6.45, 7) is 0. The van der Waals surface area contributed by atoms with E-state index in [1.54, 1.807) is 25.3 Å². The number of hydrogen-bond donors (Lipinski definition) is 0. The van der Waals surface area contributed by atoms with Crippen molar-refractivity contribution in [2.45, 2.75) is 0 Å². The first-order valence-corrected chi connectivity index (χ1v) is 5.30. The molecule has 2 rings (SSSR count). The summed E-state index contributed by atoms with van der Waals surface area (Å²) in [5.74, 6) is 0.573. The van der Waals surface area contributed by atoms with Crippen molar-refractivity contribution in [2.75, 3.05) is 21.3 Å².